The Morgan fingerprint density at radius 1 is 0.970 bits per heavy atom. The summed E-state index contributed by atoms with van der Waals surface area (Å²) in [5.41, 5.74) is 7.26. The number of aromatic amines is 1. The lowest BCUT2D eigenvalue weighted by molar-refractivity contribution is 0.102. The fourth-order valence-electron chi connectivity index (χ4n) is 4.06. The summed E-state index contributed by atoms with van der Waals surface area (Å²) in [6.07, 6.45) is 0. The number of nitrogens with one attached hydrogen (secondary N) is 2. The van der Waals surface area contributed by atoms with Crippen LogP contribution in [0.15, 0.2) is 71.3 Å². The zero-order chi connectivity index (χ0) is 23.1. The Balaban J connectivity index is 1.65. The number of anilines is 1. The number of H-pyrrole nitrogens is 1. The molecule has 0 spiro atoms. The van der Waals surface area contributed by atoms with Crippen molar-refractivity contribution in [3.63, 3.8) is 0 Å². The molecule has 2 aromatic heterocycles. The predicted octanol–water partition coefficient (Wildman–Crippen LogP) is 7.32. The highest BCUT2D eigenvalue weighted by Gasteiger charge is 2.25. The molecule has 2 N–H and O–H groups in total. The van der Waals surface area contributed by atoms with E-state index in [1.54, 1.807) is 13.0 Å². The molecule has 0 fully saturated rings. The van der Waals surface area contributed by atoms with Gasteiger partial charge in [-0.2, -0.15) is 0 Å². The normalized spacial score (nSPS) is 11.2. The first-order chi connectivity index (χ1) is 15.9. The highest BCUT2D eigenvalue weighted by molar-refractivity contribution is 6.33. The van der Waals surface area contributed by atoms with Crippen LogP contribution in [-0.2, 0) is 0 Å². The van der Waals surface area contributed by atoms with Gasteiger partial charge >= 0.3 is 0 Å². The first kappa shape index (κ1) is 21.0. The average molecular weight is 456 g/mol. The lowest BCUT2D eigenvalue weighted by Gasteiger charge is -2.09. The molecule has 0 saturated heterocycles. The first-order valence-electron chi connectivity index (χ1n) is 10.6. The Kier molecular flexibility index (Phi) is 5.27. The maximum absolute atomic E-state index is 13.6. The lowest BCUT2D eigenvalue weighted by Crippen LogP contribution is -2.14. The van der Waals surface area contributed by atoms with Crippen molar-refractivity contribution >= 4 is 34.1 Å². The van der Waals surface area contributed by atoms with Crippen LogP contribution in [0, 0.1) is 20.8 Å². The van der Waals surface area contributed by atoms with Gasteiger partial charge in [0.05, 0.1) is 16.4 Å². The van der Waals surface area contributed by atoms with Crippen LogP contribution in [0.2, 0.25) is 5.02 Å². The number of aryl methyl sites for hydroxylation is 3. The van der Waals surface area contributed by atoms with Crippen molar-refractivity contribution < 1.29 is 9.32 Å². The molecule has 0 bridgehead atoms. The fraction of sp³-hybridized carbons (Fsp3) is 0.111. The molecule has 5 nitrogen and oxygen atoms in total. The smallest absolute Gasteiger partial charge is 0.261 e. The van der Waals surface area contributed by atoms with Crippen LogP contribution in [0.3, 0.4) is 0 Å². The molecular formula is C27H22ClN3O2. The van der Waals surface area contributed by atoms with Gasteiger partial charge in [-0.15, -0.1) is 0 Å². The van der Waals surface area contributed by atoms with E-state index in [1.165, 1.54) is 5.56 Å². The van der Waals surface area contributed by atoms with E-state index in [0.29, 0.717) is 27.6 Å². The highest BCUT2D eigenvalue weighted by Crippen LogP contribution is 2.38. The lowest BCUT2D eigenvalue weighted by atomic mass is 10.0. The van der Waals surface area contributed by atoms with Crippen LogP contribution in [0.5, 0.6) is 0 Å². The van der Waals surface area contributed by atoms with E-state index in [1.807, 2.05) is 48.5 Å². The van der Waals surface area contributed by atoms with E-state index in [9.17, 15) is 4.79 Å². The topological polar surface area (TPSA) is 70.9 Å². The molecule has 6 heteroatoms. The van der Waals surface area contributed by atoms with Gasteiger partial charge in [0.2, 0.25) is 0 Å². The second-order valence-electron chi connectivity index (χ2n) is 8.12. The summed E-state index contributed by atoms with van der Waals surface area (Å²) in [6.45, 7) is 5.87. The first-order valence-corrected chi connectivity index (χ1v) is 11.0. The number of carbonyl (C=O) groups is 1. The van der Waals surface area contributed by atoms with Crippen molar-refractivity contribution in [2.45, 2.75) is 20.8 Å². The van der Waals surface area contributed by atoms with Gasteiger partial charge in [0.25, 0.3) is 5.91 Å². The molecule has 0 radical (unpaired) electrons. The Morgan fingerprint density at radius 3 is 2.42 bits per heavy atom. The van der Waals surface area contributed by atoms with Gasteiger partial charge < -0.3 is 14.8 Å². The number of carbonyl (C=O) groups excluding carboxylic acids is 1. The molecule has 164 valence electrons. The third-order valence-corrected chi connectivity index (χ3v) is 6.26. The Labute approximate surface area is 196 Å². The van der Waals surface area contributed by atoms with E-state index in [4.69, 9.17) is 16.1 Å². The summed E-state index contributed by atoms with van der Waals surface area (Å²) in [5.74, 6) is 0.121. The number of hydrogen-bond acceptors (Lipinski definition) is 3. The molecule has 33 heavy (non-hydrogen) atoms. The van der Waals surface area contributed by atoms with Gasteiger partial charge in [-0.3, -0.25) is 4.79 Å². The van der Waals surface area contributed by atoms with Gasteiger partial charge in [-0.1, -0.05) is 65.3 Å². The van der Waals surface area contributed by atoms with Crippen molar-refractivity contribution in [2.75, 3.05) is 5.32 Å². The van der Waals surface area contributed by atoms with Gasteiger partial charge in [0.1, 0.15) is 17.0 Å². The maximum atomic E-state index is 13.6. The van der Waals surface area contributed by atoms with Gasteiger partial charge in [0, 0.05) is 22.0 Å². The predicted molar refractivity (Wildman–Crippen MR) is 133 cm³/mol. The number of benzene rings is 3. The van der Waals surface area contributed by atoms with E-state index in [2.05, 4.69) is 41.4 Å². The molecule has 5 aromatic rings. The number of aromatic nitrogens is 2. The van der Waals surface area contributed by atoms with Crippen molar-refractivity contribution in [2.24, 2.45) is 0 Å². The van der Waals surface area contributed by atoms with Crippen LogP contribution in [-0.4, -0.2) is 16.0 Å². The Morgan fingerprint density at radius 2 is 1.67 bits per heavy atom. The molecule has 5 rings (SSSR count). The summed E-state index contributed by atoms with van der Waals surface area (Å²) >= 11 is 6.38. The van der Waals surface area contributed by atoms with Gasteiger partial charge in [-0.25, -0.2) is 0 Å². The SMILES string of the molecule is Cc1cc2[nH]c(-c3ccccc3)c(NC(=O)c3c(-c4ccccc4Cl)noc3C)c2cc1C. The van der Waals surface area contributed by atoms with Gasteiger partial charge in [0.15, 0.2) is 0 Å². The van der Waals surface area contributed by atoms with Crippen LogP contribution in [0.25, 0.3) is 33.4 Å². The third-order valence-electron chi connectivity index (χ3n) is 5.93. The number of rotatable bonds is 4. The van der Waals surface area contributed by atoms with Crippen LogP contribution < -0.4 is 5.32 Å². The number of fused-ring (bicyclic) bond motifs is 1. The van der Waals surface area contributed by atoms with Gasteiger partial charge in [-0.05, 0) is 50.1 Å². The van der Waals surface area contributed by atoms with E-state index < -0.39 is 0 Å². The molecule has 3 aromatic carbocycles. The van der Waals surface area contributed by atoms with Crippen molar-refractivity contribution in [1.82, 2.24) is 10.1 Å². The maximum Gasteiger partial charge on any atom is 0.261 e. The molecule has 1 amide bonds. The zero-order valence-corrected chi connectivity index (χ0v) is 19.2. The minimum atomic E-state index is -0.306. The fourth-order valence-corrected chi connectivity index (χ4v) is 4.29. The Hall–Kier alpha value is -3.83. The minimum Gasteiger partial charge on any atom is -0.360 e. The van der Waals surface area contributed by atoms with E-state index >= 15 is 0 Å². The standard InChI is InChI=1S/C27H22ClN3O2/c1-15-13-20-22(14-16(15)2)29-24(18-9-5-4-6-10-18)26(20)30-27(32)23-17(3)33-31-25(23)19-11-7-8-12-21(19)28/h4-14,29H,1-3H3,(H,30,32). The summed E-state index contributed by atoms with van der Waals surface area (Å²) in [4.78, 5) is 17.1. The Bertz CT molecular complexity index is 1500. The summed E-state index contributed by atoms with van der Waals surface area (Å²) in [5, 5.41) is 8.72. The second kappa shape index (κ2) is 8.26. The molecule has 0 aliphatic rings. The van der Waals surface area contributed by atoms with Crippen molar-refractivity contribution in [3.8, 4) is 22.5 Å². The quantitative estimate of drug-likeness (QED) is 0.298. The minimum absolute atomic E-state index is 0.306. The van der Waals surface area contributed by atoms with Crippen LogP contribution >= 0.6 is 11.6 Å². The number of amides is 1. The molecular weight excluding hydrogens is 434 g/mol. The summed E-state index contributed by atoms with van der Waals surface area (Å²) in [7, 11) is 0. The third kappa shape index (κ3) is 3.70. The summed E-state index contributed by atoms with van der Waals surface area (Å²) in [6, 6.07) is 21.4. The van der Waals surface area contributed by atoms with Crippen molar-refractivity contribution in [3.05, 3.63) is 94.2 Å². The molecule has 0 atom stereocenters. The number of halogens is 1. The van der Waals surface area contributed by atoms with Crippen molar-refractivity contribution in [1.29, 1.82) is 0 Å². The second-order valence-corrected chi connectivity index (χ2v) is 8.53. The monoisotopic (exact) mass is 455 g/mol. The summed E-state index contributed by atoms with van der Waals surface area (Å²) < 4.78 is 5.41. The molecule has 2 heterocycles. The van der Waals surface area contributed by atoms with E-state index in [0.717, 1.165) is 33.4 Å². The largest absolute Gasteiger partial charge is 0.360 e. The average Bonchev–Trinajstić information content (AvgIpc) is 3.35. The molecule has 0 unspecified atom stereocenters. The molecule has 0 aliphatic carbocycles. The molecule has 0 saturated carbocycles. The number of hydrogen-bond donors (Lipinski definition) is 2. The van der Waals surface area contributed by atoms with Crippen LogP contribution in [0.1, 0.15) is 27.2 Å². The highest BCUT2D eigenvalue weighted by atomic mass is 35.5. The van der Waals surface area contributed by atoms with E-state index in [-0.39, 0.29) is 5.91 Å². The van der Waals surface area contributed by atoms with Crippen LogP contribution in [0.4, 0.5) is 5.69 Å². The zero-order valence-electron chi connectivity index (χ0n) is 18.5. The number of nitrogens with zero attached hydrogens (tertiary/aromatic N) is 1. The molecule has 0 aliphatic heterocycles.